The number of aryl methyl sites for hydroxylation is 2. The third-order valence-corrected chi connectivity index (χ3v) is 3.04. The zero-order valence-electron chi connectivity index (χ0n) is 10.5. The van der Waals surface area contributed by atoms with Gasteiger partial charge in [-0.1, -0.05) is 29.3 Å². The van der Waals surface area contributed by atoms with E-state index < -0.39 is 0 Å². The van der Waals surface area contributed by atoms with Crippen LogP contribution in [0.25, 0.3) is 0 Å². The van der Waals surface area contributed by atoms with Gasteiger partial charge in [0.1, 0.15) is 0 Å². The molecule has 0 bridgehead atoms. The molecule has 2 rings (SSSR count). The molecule has 0 atom stereocenters. The average Bonchev–Trinajstić information content (AvgIpc) is 2.32. The third kappa shape index (κ3) is 3.91. The van der Waals surface area contributed by atoms with E-state index in [1.807, 2.05) is 26.0 Å². The number of rotatable bonds is 3. The van der Waals surface area contributed by atoms with Crippen LogP contribution in [0.2, 0.25) is 10.0 Å². The summed E-state index contributed by atoms with van der Waals surface area (Å²) in [4.78, 5) is 8.43. The lowest BCUT2D eigenvalue weighted by atomic mass is 10.2. The van der Waals surface area contributed by atoms with Gasteiger partial charge in [-0.2, -0.15) is 5.10 Å². The SMILES string of the molecule is Cc1cc(C)nc(NN=Cc2ccc(Cl)c(Cl)c2)n1. The molecule has 98 valence electrons. The van der Waals surface area contributed by atoms with Crippen LogP contribution >= 0.6 is 23.2 Å². The molecule has 0 aliphatic carbocycles. The minimum atomic E-state index is 0.466. The van der Waals surface area contributed by atoms with E-state index in [1.165, 1.54) is 0 Å². The molecule has 0 radical (unpaired) electrons. The van der Waals surface area contributed by atoms with E-state index in [9.17, 15) is 0 Å². The van der Waals surface area contributed by atoms with Gasteiger partial charge in [0.05, 0.1) is 16.3 Å². The number of hydrogen-bond acceptors (Lipinski definition) is 4. The molecular formula is C13H12Cl2N4. The van der Waals surface area contributed by atoms with Gasteiger partial charge in [0, 0.05) is 11.4 Å². The Labute approximate surface area is 121 Å². The molecule has 0 aliphatic heterocycles. The van der Waals surface area contributed by atoms with Crippen molar-refractivity contribution in [3.8, 4) is 0 Å². The molecule has 1 aromatic carbocycles. The highest BCUT2D eigenvalue weighted by Crippen LogP contribution is 2.21. The largest absolute Gasteiger partial charge is 0.245 e. The number of hydrogen-bond donors (Lipinski definition) is 1. The molecule has 0 saturated heterocycles. The first-order valence-corrected chi connectivity index (χ1v) is 6.36. The summed E-state index contributed by atoms with van der Waals surface area (Å²) in [7, 11) is 0. The van der Waals surface area contributed by atoms with Crippen molar-refractivity contribution in [1.29, 1.82) is 0 Å². The van der Waals surface area contributed by atoms with Crippen molar-refractivity contribution in [3.63, 3.8) is 0 Å². The molecule has 0 amide bonds. The summed E-state index contributed by atoms with van der Waals surface area (Å²) in [6.07, 6.45) is 1.63. The molecule has 0 saturated carbocycles. The van der Waals surface area contributed by atoms with Crippen LogP contribution in [0.4, 0.5) is 5.95 Å². The maximum Gasteiger partial charge on any atom is 0.243 e. The second-order valence-electron chi connectivity index (χ2n) is 4.02. The zero-order valence-corrected chi connectivity index (χ0v) is 12.0. The first-order valence-electron chi connectivity index (χ1n) is 5.61. The summed E-state index contributed by atoms with van der Waals surface area (Å²) in [5.74, 6) is 0.466. The molecule has 0 fully saturated rings. The highest BCUT2D eigenvalue weighted by molar-refractivity contribution is 6.42. The lowest BCUT2D eigenvalue weighted by Crippen LogP contribution is -1.99. The van der Waals surface area contributed by atoms with Gasteiger partial charge in [-0.05, 0) is 37.6 Å². The molecule has 2 aromatic rings. The number of benzene rings is 1. The van der Waals surface area contributed by atoms with Crippen LogP contribution < -0.4 is 5.43 Å². The summed E-state index contributed by atoms with van der Waals surface area (Å²) in [5.41, 5.74) is 5.40. The van der Waals surface area contributed by atoms with Crippen molar-refractivity contribution in [3.05, 3.63) is 51.3 Å². The smallest absolute Gasteiger partial charge is 0.243 e. The minimum Gasteiger partial charge on any atom is -0.245 e. The fourth-order valence-electron chi connectivity index (χ4n) is 1.53. The van der Waals surface area contributed by atoms with E-state index in [1.54, 1.807) is 18.3 Å². The summed E-state index contributed by atoms with van der Waals surface area (Å²) >= 11 is 11.7. The number of nitrogens with zero attached hydrogens (tertiary/aromatic N) is 3. The summed E-state index contributed by atoms with van der Waals surface area (Å²) in [5, 5.41) is 5.07. The van der Waals surface area contributed by atoms with Gasteiger partial charge in [-0.25, -0.2) is 15.4 Å². The molecule has 0 aliphatic rings. The Morgan fingerprint density at radius 2 is 1.74 bits per heavy atom. The van der Waals surface area contributed by atoms with Crippen LogP contribution in [-0.4, -0.2) is 16.2 Å². The number of aromatic nitrogens is 2. The second kappa shape index (κ2) is 5.99. The predicted octanol–water partition coefficient (Wildman–Crippen LogP) is 3.85. The van der Waals surface area contributed by atoms with Crippen molar-refractivity contribution in [2.75, 3.05) is 5.43 Å². The van der Waals surface area contributed by atoms with E-state index in [2.05, 4.69) is 20.5 Å². The lowest BCUT2D eigenvalue weighted by Gasteiger charge is -2.01. The van der Waals surface area contributed by atoms with Crippen molar-refractivity contribution in [1.82, 2.24) is 9.97 Å². The van der Waals surface area contributed by atoms with Gasteiger partial charge < -0.3 is 0 Å². The maximum absolute atomic E-state index is 5.91. The molecule has 1 heterocycles. The fourth-order valence-corrected chi connectivity index (χ4v) is 1.84. The minimum absolute atomic E-state index is 0.466. The van der Waals surface area contributed by atoms with Crippen molar-refractivity contribution < 1.29 is 0 Å². The fraction of sp³-hybridized carbons (Fsp3) is 0.154. The zero-order chi connectivity index (χ0) is 13.8. The Kier molecular flexibility index (Phi) is 4.35. The highest BCUT2D eigenvalue weighted by Gasteiger charge is 1.98. The van der Waals surface area contributed by atoms with Gasteiger partial charge in [0.2, 0.25) is 5.95 Å². The maximum atomic E-state index is 5.91. The molecule has 19 heavy (non-hydrogen) atoms. The Balaban J connectivity index is 2.08. The Morgan fingerprint density at radius 1 is 1.05 bits per heavy atom. The Hall–Kier alpha value is -1.65. The number of nitrogens with one attached hydrogen (secondary N) is 1. The van der Waals surface area contributed by atoms with Crippen LogP contribution in [0.5, 0.6) is 0 Å². The van der Waals surface area contributed by atoms with E-state index in [0.29, 0.717) is 16.0 Å². The Bertz CT molecular complexity index is 606. The summed E-state index contributed by atoms with van der Waals surface area (Å²) < 4.78 is 0. The molecule has 6 heteroatoms. The monoisotopic (exact) mass is 294 g/mol. The molecule has 1 N–H and O–H groups in total. The number of halogens is 2. The first-order chi connectivity index (χ1) is 9.04. The summed E-state index contributed by atoms with van der Waals surface area (Å²) in [6.45, 7) is 3.81. The molecule has 0 unspecified atom stereocenters. The van der Waals surface area contributed by atoms with Gasteiger partial charge in [-0.15, -0.1) is 0 Å². The van der Waals surface area contributed by atoms with E-state index in [0.717, 1.165) is 17.0 Å². The van der Waals surface area contributed by atoms with Gasteiger partial charge in [-0.3, -0.25) is 0 Å². The van der Waals surface area contributed by atoms with E-state index >= 15 is 0 Å². The topological polar surface area (TPSA) is 50.2 Å². The third-order valence-electron chi connectivity index (χ3n) is 2.30. The molecule has 0 spiro atoms. The van der Waals surface area contributed by atoms with Gasteiger partial charge in [0.25, 0.3) is 0 Å². The quantitative estimate of drug-likeness (QED) is 0.691. The highest BCUT2D eigenvalue weighted by atomic mass is 35.5. The van der Waals surface area contributed by atoms with Crippen LogP contribution in [0.15, 0.2) is 29.4 Å². The van der Waals surface area contributed by atoms with Gasteiger partial charge in [0.15, 0.2) is 0 Å². The van der Waals surface area contributed by atoms with Crippen molar-refractivity contribution >= 4 is 35.4 Å². The van der Waals surface area contributed by atoms with Gasteiger partial charge >= 0.3 is 0 Å². The molecular weight excluding hydrogens is 283 g/mol. The normalized spacial score (nSPS) is 10.9. The van der Waals surface area contributed by atoms with Crippen LogP contribution in [0.3, 0.4) is 0 Å². The lowest BCUT2D eigenvalue weighted by molar-refractivity contribution is 1.04. The summed E-state index contributed by atoms with van der Waals surface area (Å²) in [6, 6.07) is 7.17. The Morgan fingerprint density at radius 3 is 2.37 bits per heavy atom. The van der Waals surface area contributed by atoms with E-state index in [-0.39, 0.29) is 0 Å². The van der Waals surface area contributed by atoms with E-state index in [4.69, 9.17) is 23.2 Å². The van der Waals surface area contributed by atoms with Crippen molar-refractivity contribution in [2.45, 2.75) is 13.8 Å². The van der Waals surface area contributed by atoms with Crippen LogP contribution in [0, 0.1) is 13.8 Å². The second-order valence-corrected chi connectivity index (χ2v) is 4.83. The predicted molar refractivity (Wildman–Crippen MR) is 79.2 cm³/mol. The molecule has 1 aromatic heterocycles. The van der Waals surface area contributed by atoms with Crippen LogP contribution in [-0.2, 0) is 0 Å². The van der Waals surface area contributed by atoms with Crippen molar-refractivity contribution in [2.24, 2.45) is 5.10 Å². The molecule has 4 nitrogen and oxygen atoms in total. The average molecular weight is 295 g/mol. The van der Waals surface area contributed by atoms with Crippen LogP contribution in [0.1, 0.15) is 17.0 Å². The standard InChI is InChI=1S/C13H12Cl2N4/c1-8-5-9(2)18-13(17-8)19-16-7-10-3-4-11(14)12(15)6-10/h3-7H,1-2H3,(H,17,18,19). The number of anilines is 1. The first kappa shape index (κ1) is 13.8. The number of hydrazone groups is 1.